The number of amidine groups is 1. The Morgan fingerprint density at radius 2 is 1.87 bits per heavy atom. The minimum absolute atomic E-state index is 0.0624. The van der Waals surface area contributed by atoms with Crippen LogP contribution in [0.15, 0.2) is 78.4 Å². The summed E-state index contributed by atoms with van der Waals surface area (Å²) in [4.78, 5) is 46.6. The van der Waals surface area contributed by atoms with Gasteiger partial charge in [-0.3, -0.25) is 24.8 Å². The number of nitrogens with zero attached hydrogens (tertiary/aromatic N) is 2. The van der Waals surface area contributed by atoms with Gasteiger partial charge in [-0.25, -0.2) is 0 Å². The third kappa shape index (κ3) is 5.68. The molecule has 2 aromatic heterocycles. The van der Waals surface area contributed by atoms with E-state index in [4.69, 9.17) is 11.1 Å². The summed E-state index contributed by atoms with van der Waals surface area (Å²) in [6, 6.07) is 14.4. The lowest BCUT2D eigenvalue weighted by atomic mass is 9.97. The number of halogens is 2. The molecule has 230 valence electrons. The van der Waals surface area contributed by atoms with E-state index in [0.29, 0.717) is 17.5 Å². The van der Waals surface area contributed by atoms with Crippen LogP contribution < -0.4 is 16.4 Å². The van der Waals surface area contributed by atoms with E-state index in [0.717, 1.165) is 10.4 Å². The molecule has 1 unspecified atom stereocenters. The molecule has 45 heavy (non-hydrogen) atoms. The van der Waals surface area contributed by atoms with Gasteiger partial charge in [0.25, 0.3) is 11.8 Å². The molecule has 1 fully saturated rings. The number of hydrogen-bond donors (Lipinski definition) is 4. The Bertz CT molecular complexity index is 1810. The molecular weight excluding hydrogens is 598 g/mol. The van der Waals surface area contributed by atoms with Crippen LogP contribution in [0.4, 0.5) is 8.78 Å². The molecule has 3 atom stereocenters. The highest BCUT2D eigenvalue weighted by Crippen LogP contribution is 2.51. The van der Waals surface area contributed by atoms with Crippen LogP contribution in [0.3, 0.4) is 0 Å². The van der Waals surface area contributed by atoms with Crippen molar-refractivity contribution in [1.82, 2.24) is 20.5 Å². The zero-order chi connectivity index (χ0) is 31.9. The molecule has 1 saturated heterocycles. The van der Waals surface area contributed by atoms with Gasteiger partial charge in [0.1, 0.15) is 11.9 Å². The lowest BCUT2D eigenvalue weighted by Gasteiger charge is -2.25. The second-order valence-electron chi connectivity index (χ2n) is 11.2. The monoisotopic (exact) mass is 628 g/mol. The summed E-state index contributed by atoms with van der Waals surface area (Å²) in [5.41, 5.74) is 7.56. The fourth-order valence-corrected chi connectivity index (χ4v) is 6.92. The number of nitrogen functional groups attached to an aromatic ring is 1. The van der Waals surface area contributed by atoms with Crippen molar-refractivity contribution in [2.75, 3.05) is 13.1 Å². The molecule has 5 N–H and O–H groups in total. The lowest BCUT2D eigenvalue weighted by molar-refractivity contribution is -0.137. The Balaban J connectivity index is 1.17. The van der Waals surface area contributed by atoms with Crippen LogP contribution in [-0.2, 0) is 15.5 Å². The predicted molar refractivity (Wildman–Crippen MR) is 166 cm³/mol. The molecule has 0 bridgehead atoms. The van der Waals surface area contributed by atoms with Crippen LogP contribution in [0, 0.1) is 5.41 Å². The molecule has 6 rings (SSSR count). The molecule has 12 heteroatoms. The molecule has 3 amide bonds. The average molecular weight is 629 g/mol. The number of carbonyl (C=O) groups is 3. The highest BCUT2D eigenvalue weighted by Gasteiger charge is 2.44. The van der Waals surface area contributed by atoms with Crippen LogP contribution in [-0.4, -0.2) is 52.6 Å². The van der Waals surface area contributed by atoms with Crippen molar-refractivity contribution in [3.05, 3.63) is 111 Å². The first kappa shape index (κ1) is 30.1. The number of nitrogens with one attached hydrogen (secondary N) is 3. The second-order valence-corrected chi connectivity index (χ2v) is 12.2. The van der Waals surface area contributed by atoms with Crippen molar-refractivity contribution in [2.45, 2.75) is 37.3 Å². The van der Waals surface area contributed by atoms with Gasteiger partial charge in [-0.1, -0.05) is 36.4 Å². The van der Waals surface area contributed by atoms with Crippen molar-refractivity contribution < 1.29 is 23.2 Å². The van der Waals surface area contributed by atoms with Crippen LogP contribution >= 0.6 is 11.3 Å². The first-order valence-electron chi connectivity index (χ1n) is 14.4. The SMILES string of the molecule is CC(NC(=O)[C@@H]1C[C@H](c2cccnc2)CN1C(=O)CNC(=O)c1ccc2c(c1)-c1ccccc1C2(F)F)c1cc(C(=N)N)cs1. The Hall–Kier alpha value is -4.97. The van der Waals surface area contributed by atoms with Gasteiger partial charge in [-0.2, -0.15) is 8.78 Å². The number of thiophene rings is 1. The largest absolute Gasteiger partial charge is 0.384 e. The maximum Gasteiger partial charge on any atom is 0.299 e. The maximum atomic E-state index is 15.0. The standard InChI is InChI=1S/C33H30F2N6O3S/c1-18(28-13-22(17-45-28)30(36)37)40-32(44)27-12-21(20-5-4-10-38-14-20)16-41(27)29(42)15-39-31(43)19-8-9-26-24(11-19)23-6-2-3-7-25(23)33(26,34)35/h2-11,13-14,17-18,21,27H,12,15-16H2,1H3,(H3,36,37)(H,39,43)(H,40,44)/t18?,21-,27-/m0/s1. The molecule has 0 saturated carbocycles. The summed E-state index contributed by atoms with van der Waals surface area (Å²) in [6.45, 7) is 1.69. The van der Waals surface area contributed by atoms with Crippen molar-refractivity contribution in [3.8, 4) is 11.1 Å². The molecule has 2 aliphatic rings. The van der Waals surface area contributed by atoms with E-state index in [1.165, 1.54) is 40.5 Å². The van der Waals surface area contributed by atoms with Crippen LogP contribution in [0.1, 0.15) is 62.8 Å². The number of benzene rings is 2. The van der Waals surface area contributed by atoms with Crippen molar-refractivity contribution in [1.29, 1.82) is 5.41 Å². The Labute approximate surface area is 262 Å². The molecular formula is C33H30F2N6O3S. The summed E-state index contributed by atoms with van der Waals surface area (Å²) in [5, 5.41) is 15.0. The quantitative estimate of drug-likeness (QED) is 0.168. The van der Waals surface area contributed by atoms with E-state index in [1.54, 1.807) is 48.1 Å². The number of alkyl halides is 2. The molecule has 0 radical (unpaired) electrons. The van der Waals surface area contributed by atoms with Gasteiger partial charge in [0.15, 0.2) is 0 Å². The average Bonchev–Trinajstić information content (AvgIpc) is 3.77. The molecule has 3 heterocycles. The highest BCUT2D eigenvalue weighted by atomic mass is 32.1. The van der Waals surface area contributed by atoms with Gasteiger partial charge in [0.2, 0.25) is 11.8 Å². The summed E-state index contributed by atoms with van der Waals surface area (Å²) in [7, 11) is 0. The zero-order valence-corrected chi connectivity index (χ0v) is 25.0. The van der Waals surface area contributed by atoms with Crippen LogP contribution in [0.25, 0.3) is 11.1 Å². The number of fused-ring (bicyclic) bond motifs is 3. The van der Waals surface area contributed by atoms with E-state index in [-0.39, 0.29) is 59.0 Å². The molecule has 4 aromatic rings. The molecule has 1 aliphatic carbocycles. The normalized spacial score (nSPS) is 18.5. The summed E-state index contributed by atoms with van der Waals surface area (Å²) < 4.78 is 29.9. The number of aromatic nitrogens is 1. The number of rotatable bonds is 8. The number of hydrogen-bond acceptors (Lipinski definition) is 6. The van der Waals surface area contributed by atoms with Crippen molar-refractivity contribution in [2.24, 2.45) is 5.73 Å². The van der Waals surface area contributed by atoms with Gasteiger partial charge >= 0.3 is 0 Å². The molecule has 2 aromatic carbocycles. The van der Waals surface area contributed by atoms with Crippen molar-refractivity contribution in [3.63, 3.8) is 0 Å². The first-order chi connectivity index (χ1) is 21.5. The minimum atomic E-state index is -3.16. The van der Waals surface area contributed by atoms with E-state index in [1.807, 2.05) is 13.0 Å². The van der Waals surface area contributed by atoms with Gasteiger partial charge in [0.05, 0.1) is 12.6 Å². The topological polar surface area (TPSA) is 141 Å². The van der Waals surface area contributed by atoms with E-state index in [2.05, 4.69) is 15.6 Å². The lowest BCUT2D eigenvalue weighted by Crippen LogP contribution is -2.49. The number of pyridine rings is 1. The molecule has 0 spiro atoms. The van der Waals surface area contributed by atoms with Gasteiger partial charge in [-0.15, -0.1) is 11.3 Å². The minimum Gasteiger partial charge on any atom is -0.384 e. The third-order valence-electron chi connectivity index (χ3n) is 8.37. The summed E-state index contributed by atoms with van der Waals surface area (Å²) >= 11 is 1.37. The maximum absolute atomic E-state index is 15.0. The number of carbonyl (C=O) groups excluding carboxylic acids is 3. The second kappa shape index (κ2) is 11.8. The first-order valence-corrected chi connectivity index (χ1v) is 15.3. The van der Waals surface area contributed by atoms with E-state index < -0.39 is 23.8 Å². The molecule has 9 nitrogen and oxygen atoms in total. The number of likely N-dealkylation sites (tertiary alicyclic amines) is 1. The fraction of sp³-hybridized carbons (Fsp3) is 0.242. The smallest absolute Gasteiger partial charge is 0.299 e. The van der Waals surface area contributed by atoms with Crippen molar-refractivity contribution >= 4 is 34.9 Å². The van der Waals surface area contributed by atoms with Crippen LogP contribution in [0.2, 0.25) is 0 Å². The Morgan fingerprint density at radius 3 is 2.60 bits per heavy atom. The van der Waals surface area contributed by atoms with E-state index in [9.17, 15) is 23.2 Å². The number of nitrogens with two attached hydrogens (primary N) is 1. The third-order valence-corrected chi connectivity index (χ3v) is 9.49. The Kier molecular flexibility index (Phi) is 7.92. The predicted octanol–water partition coefficient (Wildman–Crippen LogP) is 4.54. The highest BCUT2D eigenvalue weighted by molar-refractivity contribution is 7.10. The number of amides is 3. The Morgan fingerprint density at radius 1 is 1.09 bits per heavy atom. The van der Waals surface area contributed by atoms with Gasteiger partial charge in [-0.05, 0) is 54.3 Å². The summed E-state index contributed by atoms with van der Waals surface area (Å²) in [6.07, 6.45) is 3.73. The van der Waals surface area contributed by atoms with Gasteiger partial charge < -0.3 is 21.3 Å². The van der Waals surface area contributed by atoms with E-state index >= 15 is 0 Å². The fourth-order valence-electron chi connectivity index (χ4n) is 6.00. The molecule has 1 aliphatic heterocycles. The summed E-state index contributed by atoms with van der Waals surface area (Å²) in [5.74, 6) is -4.75. The van der Waals surface area contributed by atoms with Crippen LogP contribution in [0.5, 0.6) is 0 Å². The zero-order valence-electron chi connectivity index (χ0n) is 24.2. The van der Waals surface area contributed by atoms with Gasteiger partial charge in [0, 0.05) is 57.4 Å².